The van der Waals surface area contributed by atoms with Crippen LogP contribution in [0.5, 0.6) is 5.75 Å². The normalized spacial score (nSPS) is 19.5. The Hall–Kier alpha value is -1.97. The second kappa shape index (κ2) is 5.78. The molecule has 19 heavy (non-hydrogen) atoms. The van der Waals surface area contributed by atoms with Crippen molar-refractivity contribution in [3.8, 4) is 5.75 Å². The molecule has 1 unspecified atom stereocenters. The second-order valence-corrected chi connectivity index (χ2v) is 4.42. The molecular formula is C15H18O4. The summed E-state index contributed by atoms with van der Waals surface area (Å²) in [5, 5.41) is 0. The molecule has 1 atom stereocenters. The zero-order chi connectivity index (χ0) is 13.8. The molecule has 0 N–H and O–H groups in total. The van der Waals surface area contributed by atoms with Gasteiger partial charge in [-0.15, -0.1) is 0 Å². The number of hydrogen-bond acceptors (Lipinski definition) is 4. The molecular weight excluding hydrogens is 244 g/mol. The fraction of sp³-hybridized carbons (Fsp3) is 0.400. The predicted molar refractivity (Wildman–Crippen MR) is 71.9 cm³/mol. The lowest BCUT2D eigenvalue weighted by molar-refractivity contribution is -0.137. The van der Waals surface area contributed by atoms with Crippen LogP contribution < -0.4 is 4.74 Å². The van der Waals surface area contributed by atoms with Crippen molar-refractivity contribution in [3.05, 3.63) is 35.4 Å². The molecule has 4 heteroatoms. The number of fused-ring (bicyclic) bond motifs is 1. The molecule has 0 bridgehead atoms. The fourth-order valence-corrected chi connectivity index (χ4v) is 2.14. The van der Waals surface area contributed by atoms with Gasteiger partial charge in [-0.1, -0.05) is 0 Å². The van der Waals surface area contributed by atoms with E-state index in [-0.39, 0.29) is 12.1 Å². The molecule has 0 amide bonds. The molecule has 0 radical (unpaired) electrons. The van der Waals surface area contributed by atoms with Crippen molar-refractivity contribution >= 4 is 11.7 Å². The molecule has 0 aliphatic carbocycles. The molecule has 0 spiro atoms. The van der Waals surface area contributed by atoms with Crippen LogP contribution in [0, 0.1) is 0 Å². The summed E-state index contributed by atoms with van der Waals surface area (Å²) >= 11 is 0. The maximum Gasteiger partial charge on any atom is 0.334 e. The van der Waals surface area contributed by atoms with Gasteiger partial charge in [0.1, 0.15) is 11.5 Å². The zero-order valence-electron chi connectivity index (χ0n) is 11.4. The highest BCUT2D eigenvalue weighted by molar-refractivity contribution is 5.90. The molecule has 0 saturated heterocycles. The number of esters is 1. The van der Waals surface area contributed by atoms with E-state index in [0.717, 1.165) is 23.3 Å². The number of benzene rings is 1. The van der Waals surface area contributed by atoms with Gasteiger partial charge in [-0.3, -0.25) is 0 Å². The molecule has 1 aliphatic heterocycles. The minimum Gasteiger partial charge on any atom is -0.497 e. The lowest BCUT2D eigenvalue weighted by Crippen LogP contribution is -2.19. The van der Waals surface area contributed by atoms with Gasteiger partial charge in [0.25, 0.3) is 0 Å². The average Bonchev–Trinajstić information content (AvgIpc) is 2.37. The van der Waals surface area contributed by atoms with Gasteiger partial charge in [0, 0.05) is 12.0 Å². The van der Waals surface area contributed by atoms with Crippen molar-refractivity contribution < 1.29 is 19.0 Å². The summed E-state index contributed by atoms with van der Waals surface area (Å²) in [6.45, 7) is 4.11. The molecule has 1 aromatic rings. The van der Waals surface area contributed by atoms with E-state index < -0.39 is 0 Å². The van der Waals surface area contributed by atoms with Gasteiger partial charge in [0.2, 0.25) is 0 Å². The average molecular weight is 262 g/mol. The van der Waals surface area contributed by atoms with E-state index in [2.05, 4.69) is 0 Å². The molecule has 102 valence electrons. The summed E-state index contributed by atoms with van der Waals surface area (Å²) in [5.41, 5.74) is 2.04. The van der Waals surface area contributed by atoms with Gasteiger partial charge in [-0.05, 0) is 37.6 Å². The largest absolute Gasteiger partial charge is 0.497 e. The van der Waals surface area contributed by atoms with Gasteiger partial charge in [0.05, 0.1) is 25.9 Å². The number of carbonyl (C=O) groups is 1. The minimum atomic E-state index is -0.381. The van der Waals surface area contributed by atoms with E-state index in [0.29, 0.717) is 12.4 Å². The third-order valence-corrected chi connectivity index (χ3v) is 2.95. The summed E-state index contributed by atoms with van der Waals surface area (Å²) < 4.78 is 15.9. The third-order valence-electron chi connectivity index (χ3n) is 2.95. The van der Waals surface area contributed by atoms with Crippen molar-refractivity contribution in [2.24, 2.45) is 0 Å². The summed E-state index contributed by atoms with van der Waals surface area (Å²) in [5.74, 6) is 0.992. The van der Waals surface area contributed by atoms with Crippen LogP contribution in [-0.2, 0) is 20.7 Å². The molecule has 1 aromatic carbocycles. The highest BCUT2D eigenvalue weighted by atomic mass is 16.5. The van der Waals surface area contributed by atoms with Crippen LogP contribution >= 0.6 is 0 Å². The van der Waals surface area contributed by atoms with Gasteiger partial charge >= 0.3 is 5.97 Å². The minimum absolute atomic E-state index is 0.0280. The van der Waals surface area contributed by atoms with Crippen LogP contribution in [-0.4, -0.2) is 25.8 Å². The van der Waals surface area contributed by atoms with Crippen molar-refractivity contribution in [2.75, 3.05) is 13.7 Å². The molecule has 2 rings (SSSR count). The van der Waals surface area contributed by atoms with Crippen molar-refractivity contribution in [3.63, 3.8) is 0 Å². The highest BCUT2D eigenvalue weighted by Crippen LogP contribution is 2.31. The maximum absolute atomic E-state index is 11.5. The Bertz CT molecular complexity index is 505. The topological polar surface area (TPSA) is 44.8 Å². The number of ether oxygens (including phenoxy) is 3. The smallest absolute Gasteiger partial charge is 0.334 e. The predicted octanol–water partition coefficient (Wildman–Crippen LogP) is 2.56. The zero-order valence-corrected chi connectivity index (χ0v) is 11.4. The number of rotatable bonds is 3. The Morgan fingerprint density at radius 3 is 3.00 bits per heavy atom. The number of carbonyl (C=O) groups excluding carboxylic acids is 1. The first-order valence-electron chi connectivity index (χ1n) is 6.36. The van der Waals surface area contributed by atoms with Crippen LogP contribution in [0.3, 0.4) is 0 Å². The molecule has 4 nitrogen and oxygen atoms in total. The Labute approximate surface area is 113 Å². The van der Waals surface area contributed by atoms with E-state index in [1.807, 2.05) is 25.1 Å². The Kier molecular flexibility index (Phi) is 4.10. The fourth-order valence-electron chi connectivity index (χ4n) is 2.14. The molecule has 0 saturated carbocycles. The van der Waals surface area contributed by atoms with E-state index in [9.17, 15) is 4.79 Å². The van der Waals surface area contributed by atoms with Gasteiger partial charge in [-0.2, -0.15) is 0 Å². The molecule has 1 heterocycles. The first-order valence-corrected chi connectivity index (χ1v) is 6.36. The lowest BCUT2D eigenvalue weighted by Gasteiger charge is -2.26. The van der Waals surface area contributed by atoms with Crippen LogP contribution in [0.1, 0.15) is 25.0 Å². The summed E-state index contributed by atoms with van der Waals surface area (Å²) in [4.78, 5) is 11.5. The number of hydrogen-bond donors (Lipinski definition) is 0. The van der Waals surface area contributed by atoms with Crippen LogP contribution in [0.25, 0.3) is 5.76 Å². The second-order valence-electron chi connectivity index (χ2n) is 4.42. The van der Waals surface area contributed by atoms with Crippen molar-refractivity contribution in [1.29, 1.82) is 0 Å². The van der Waals surface area contributed by atoms with E-state index >= 15 is 0 Å². The Morgan fingerprint density at radius 2 is 2.32 bits per heavy atom. The summed E-state index contributed by atoms with van der Waals surface area (Å²) in [7, 11) is 1.64. The van der Waals surface area contributed by atoms with Crippen molar-refractivity contribution in [1.82, 2.24) is 0 Å². The standard InChI is InChI=1S/C15H18O4/c1-4-18-15(16)9-14-13-6-5-12(17-3)8-11(13)7-10(2)19-14/h5-6,8-10H,4,7H2,1-3H3/b14-9-. The van der Waals surface area contributed by atoms with Crippen LogP contribution in [0.4, 0.5) is 0 Å². The van der Waals surface area contributed by atoms with Gasteiger partial charge in [0.15, 0.2) is 0 Å². The lowest BCUT2D eigenvalue weighted by atomic mass is 9.97. The Balaban J connectivity index is 2.36. The third kappa shape index (κ3) is 3.08. The maximum atomic E-state index is 11.5. The van der Waals surface area contributed by atoms with E-state index in [1.54, 1.807) is 14.0 Å². The first kappa shape index (κ1) is 13.5. The monoisotopic (exact) mass is 262 g/mol. The van der Waals surface area contributed by atoms with Gasteiger partial charge < -0.3 is 14.2 Å². The summed E-state index contributed by atoms with van der Waals surface area (Å²) in [6.07, 6.45) is 2.23. The van der Waals surface area contributed by atoms with Crippen LogP contribution in [0.15, 0.2) is 24.3 Å². The molecule has 0 aromatic heterocycles. The van der Waals surface area contributed by atoms with Gasteiger partial charge in [-0.25, -0.2) is 4.79 Å². The Morgan fingerprint density at radius 1 is 1.53 bits per heavy atom. The highest BCUT2D eigenvalue weighted by Gasteiger charge is 2.22. The van der Waals surface area contributed by atoms with Crippen LogP contribution in [0.2, 0.25) is 0 Å². The molecule has 0 fully saturated rings. The quantitative estimate of drug-likeness (QED) is 0.620. The first-order chi connectivity index (χ1) is 9.13. The summed E-state index contributed by atoms with van der Waals surface area (Å²) in [6, 6.07) is 5.75. The van der Waals surface area contributed by atoms with E-state index in [4.69, 9.17) is 14.2 Å². The molecule has 1 aliphatic rings. The van der Waals surface area contributed by atoms with Crippen molar-refractivity contribution in [2.45, 2.75) is 26.4 Å². The SMILES string of the molecule is CCOC(=O)/C=C1\OC(C)Cc2cc(OC)ccc21. The number of methoxy groups -OCH3 is 1. The van der Waals surface area contributed by atoms with E-state index in [1.165, 1.54) is 6.08 Å².